The molecule has 0 atom stereocenters. The number of methoxy groups -OCH3 is 1. The van der Waals surface area contributed by atoms with Gasteiger partial charge in [-0.15, -0.1) is 5.10 Å². The molecule has 1 fully saturated rings. The van der Waals surface area contributed by atoms with E-state index in [2.05, 4.69) is 23.5 Å². The maximum Gasteiger partial charge on any atom is 0.182 e. The minimum Gasteiger partial charge on any atom is -0.497 e. The lowest BCUT2D eigenvalue weighted by Gasteiger charge is -2.24. The monoisotopic (exact) mass is 407 g/mol. The first-order valence-corrected chi connectivity index (χ1v) is 10.4. The molecular weight excluding hydrogens is 380 g/mol. The zero-order valence-electron chi connectivity index (χ0n) is 17.7. The van der Waals surface area contributed by atoms with E-state index in [0.717, 1.165) is 67.4 Å². The lowest BCUT2D eigenvalue weighted by Crippen LogP contribution is -3.14. The Morgan fingerprint density at radius 3 is 2.60 bits per heavy atom. The number of ether oxygens (including phenoxy) is 2. The molecule has 5 rings (SSSR count). The standard InChI is InChI=1S/C22H26N6O2/c1-15-16(2)27(9-8-26-10-12-30-13-11-26)21-19(15)22-24-20(25-28(22)14-23-21)17-4-6-18(29-3)7-5-17/h4-7,14H,8-13H2,1-3H3/p+1. The van der Waals surface area contributed by atoms with E-state index in [1.165, 1.54) is 11.3 Å². The molecule has 8 nitrogen and oxygen atoms in total. The third-order valence-corrected chi connectivity index (χ3v) is 6.18. The van der Waals surface area contributed by atoms with E-state index in [9.17, 15) is 0 Å². The highest BCUT2D eigenvalue weighted by Gasteiger charge is 2.20. The minimum absolute atomic E-state index is 0.689. The van der Waals surface area contributed by atoms with Crippen LogP contribution in [0.25, 0.3) is 28.1 Å². The summed E-state index contributed by atoms with van der Waals surface area (Å²) in [5.74, 6) is 1.51. The van der Waals surface area contributed by atoms with E-state index in [1.54, 1.807) is 22.9 Å². The Morgan fingerprint density at radius 1 is 1.10 bits per heavy atom. The Kier molecular flexibility index (Phi) is 4.88. The molecule has 4 aromatic rings. The van der Waals surface area contributed by atoms with Gasteiger partial charge in [-0.2, -0.15) is 0 Å². The van der Waals surface area contributed by atoms with E-state index in [-0.39, 0.29) is 0 Å². The smallest absolute Gasteiger partial charge is 0.182 e. The van der Waals surface area contributed by atoms with Crippen molar-refractivity contribution in [2.24, 2.45) is 0 Å². The highest BCUT2D eigenvalue weighted by Crippen LogP contribution is 2.28. The summed E-state index contributed by atoms with van der Waals surface area (Å²) in [6.07, 6.45) is 1.77. The summed E-state index contributed by atoms with van der Waals surface area (Å²) < 4.78 is 14.8. The molecule has 0 amide bonds. The molecule has 0 bridgehead atoms. The van der Waals surface area contributed by atoms with Crippen molar-refractivity contribution >= 4 is 16.7 Å². The lowest BCUT2D eigenvalue weighted by atomic mass is 10.2. The van der Waals surface area contributed by atoms with Gasteiger partial charge in [-0.1, -0.05) is 0 Å². The zero-order valence-corrected chi connectivity index (χ0v) is 17.7. The van der Waals surface area contributed by atoms with Crippen molar-refractivity contribution < 1.29 is 14.4 Å². The SMILES string of the molecule is COc1ccc(-c2nc3c4c(C)c(C)n(CC[NH+]5CCOCC5)c4ncn3n2)cc1. The minimum atomic E-state index is 0.689. The molecule has 1 aliphatic heterocycles. The number of fused-ring (bicyclic) bond motifs is 3. The summed E-state index contributed by atoms with van der Waals surface area (Å²) in [4.78, 5) is 11.2. The van der Waals surface area contributed by atoms with Crippen LogP contribution in [0.3, 0.4) is 0 Å². The Hall–Kier alpha value is -2.97. The first kappa shape index (κ1) is 19.0. The number of aromatic nitrogens is 5. The van der Waals surface area contributed by atoms with Crippen LogP contribution in [0.2, 0.25) is 0 Å². The molecule has 30 heavy (non-hydrogen) atoms. The fraction of sp³-hybridized carbons (Fsp3) is 0.409. The quantitative estimate of drug-likeness (QED) is 0.540. The fourth-order valence-electron chi connectivity index (χ4n) is 4.25. The predicted molar refractivity (Wildman–Crippen MR) is 114 cm³/mol. The van der Waals surface area contributed by atoms with Gasteiger partial charge in [-0.25, -0.2) is 14.5 Å². The molecule has 156 valence electrons. The van der Waals surface area contributed by atoms with E-state index in [4.69, 9.17) is 19.4 Å². The van der Waals surface area contributed by atoms with Gasteiger partial charge in [0.1, 0.15) is 30.8 Å². The van der Waals surface area contributed by atoms with Gasteiger partial charge in [0.25, 0.3) is 0 Å². The lowest BCUT2D eigenvalue weighted by molar-refractivity contribution is -0.908. The van der Waals surface area contributed by atoms with Gasteiger partial charge in [0.15, 0.2) is 11.5 Å². The average Bonchev–Trinajstić information content (AvgIpc) is 3.32. The number of quaternary nitrogens is 1. The van der Waals surface area contributed by atoms with Crippen molar-refractivity contribution in [3.05, 3.63) is 41.9 Å². The van der Waals surface area contributed by atoms with Crippen molar-refractivity contribution in [1.82, 2.24) is 24.1 Å². The molecule has 0 radical (unpaired) electrons. The fourth-order valence-corrected chi connectivity index (χ4v) is 4.25. The van der Waals surface area contributed by atoms with Crippen LogP contribution < -0.4 is 9.64 Å². The number of benzene rings is 1. The maximum absolute atomic E-state index is 5.48. The first-order valence-electron chi connectivity index (χ1n) is 10.4. The van der Waals surface area contributed by atoms with E-state index < -0.39 is 0 Å². The number of hydrogen-bond donors (Lipinski definition) is 1. The maximum atomic E-state index is 5.48. The number of morpholine rings is 1. The summed E-state index contributed by atoms with van der Waals surface area (Å²) in [5, 5.41) is 5.75. The van der Waals surface area contributed by atoms with Gasteiger partial charge < -0.3 is 18.9 Å². The van der Waals surface area contributed by atoms with Crippen molar-refractivity contribution in [2.75, 3.05) is 40.0 Å². The summed E-state index contributed by atoms with van der Waals surface area (Å²) >= 11 is 0. The zero-order chi connectivity index (χ0) is 20.7. The van der Waals surface area contributed by atoms with Crippen molar-refractivity contribution in [2.45, 2.75) is 20.4 Å². The predicted octanol–water partition coefficient (Wildman–Crippen LogP) is 1.29. The van der Waals surface area contributed by atoms with Crippen LogP contribution in [-0.2, 0) is 11.3 Å². The van der Waals surface area contributed by atoms with Crippen LogP contribution in [0, 0.1) is 13.8 Å². The van der Waals surface area contributed by atoms with Gasteiger partial charge in [0.05, 0.1) is 38.8 Å². The Bertz CT molecular complexity index is 1190. The summed E-state index contributed by atoms with van der Waals surface area (Å²) in [7, 11) is 1.66. The Morgan fingerprint density at radius 2 is 1.87 bits per heavy atom. The van der Waals surface area contributed by atoms with Crippen molar-refractivity contribution in [1.29, 1.82) is 0 Å². The third kappa shape index (κ3) is 3.22. The number of hydrogen-bond acceptors (Lipinski definition) is 5. The van der Waals surface area contributed by atoms with Gasteiger partial charge in [0.2, 0.25) is 0 Å². The summed E-state index contributed by atoms with van der Waals surface area (Å²) in [6.45, 7) is 10.2. The molecule has 0 saturated carbocycles. The van der Waals surface area contributed by atoms with Crippen LogP contribution in [0.1, 0.15) is 11.3 Å². The normalized spacial score (nSPS) is 15.3. The second kappa shape index (κ2) is 7.70. The number of nitrogens with one attached hydrogen (secondary N) is 1. The molecule has 0 aliphatic carbocycles. The van der Waals surface area contributed by atoms with Crippen molar-refractivity contribution in [3.63, 3.8) is 0 Å². The highest BCUT2D eigenvalue weighted by molar-refractivity contribution is 5.94. The third-order valence-electron chi connectivity index (χ3n) is 6.18. The van der Waals surface area contributed by atoms with Gasteiger partial charge in [-0.3, -0.25) is 0 Å². The summed E-state index contributed by atoms with van der Waals surface area (Å²) in [6, 6.07) is 7.81. The second-order valence-corrected chi connectivity index (χ2v) is 7.85. The first-order chi connectivity index (χ1) is 14.7. The topological polar surface area (TPSA) is 70.9 Å². The van der Waals surface area contributed by atoms with Crippen LogP contribution in [0.4, 0.5) is 0 Å². The van der Waals surface area contributed by atoms with Gasteiger partial charge >= 0.3 is 0 Å². The molecule has 1 saturated heterocycles. The molecule has 8 heteroatoms. The summed E-state index contributed by atoms with van der Waals surface area (Å²) in [5.41, 5.74) is 5.25. The molecule has 1 N–H and O–H groups in total. The van der Waals surface area contributed by atoms with Gasteiger partial charge in [0, 0.05) is 11.3 Å². The molecule has 3 aromatic heterocycles. The Balaban J connectivity index is 1.53. The molecule has 0 spiro atoms. The molecular formula is C22H27N6O2+. The largest absolute Gasteiger partial charge is 0.497 e. The number of aryl methyl sites for hydroxylation is 1. The van der Waals surface area contributed by atoms with E-state index in [1.807, 2.05) is 24.3 Å². The van der Waals surface area contributed by atoms with Crippen LogP contribution in [0.5, 0.6) is 5.75 Å². The van der Waals surface area contributed by atoms with Crippen LogP contribution >= 0.6 is 0 Å². The highest BCUT2D eigenvalue weighted by atomic mass is 16.5. The van der Waals surface area contributed by atoms with E-state index in [0.29, 0.717) is 5.82 Å². The van der Waals surface area contributed by atoms with Crippen LogP contribution in [-0.4, -0.2) is 64.1 Å². The molecule has 0 unspecified atom stereocenters. The van der Waals surface area contributed by atoms with Gasteiger partial charge in [-0.05, 0) is 43.7 Å². The van der Waals surface area contributed by atoms with Crippen molar-refractivity contribution in [3.8, 4) is 17.1 Å². The van der Waals surface area contributed by atoms with E-state index >= 15 is 0 Å². The second-order valence-electron chi connectivity index (χ2n) is 7.85. The average molecular weight is 407 g/mol. The molecule has 1 aromatic carbocycles. The van der Waals surface area contributed by atoms with Crippen LogP contribution in [0.15, 0.2) is 30.6 Å². The number of rotatable bonds is 5. The number of nitrogens with zero attached hydrogens (tertiary/aromatic N) is 5. The molecule has 4 heterocycles. The Labute approximate surface area is 175 Å². The molecule has 1 aliphatic rings.